The Labute approximate surface area is 162 Å². The summed E-state index contributed by atoms with van der Waals surface area (Å²) >= 11 is 0. The maximum atomic E-state index is 13.0. The lowest BCUT2D eigenvalue weighted by Gasteiger charge is -2.24. The third-order valence-electron chi connectivity index (χ3n) is 5.18. The molecule has 7 nitrogen and oxygen atoms in total. The van der Waals surface area contributed by atoms with Gasteiger partial charge in [-0.1, -0.05) is 0 Å². The third-order valence-corrected chi connectivity index (χ3v) is 5.18. The number of phenolic OH excluding ortho intramolecular Hbond substituents is 1. The molecule has 1 aliphatic heterocycles. The number of aromatic amines is 1. The Kier molecular flexibility index (Phi) is 4.92. The average Bonchev–Trinajstić information content (AvgIpc) is 3.34. The van der Waals surface area contributed by atoms with Crippen LogP contribution in [0.1, 0.15) is 23.2 Å². The predicted molar refractivity (Wildman–Crippen MR) is 106 cm³/mol. The Morgan fingerprint density at radius 3 is 2.93 bits per heavy atom. The normalized spacial score (nSPS) is 16.6. The minimum absolute atomic E-state index is 0.0175. The number of amides is 1. The molecule has 2 N–H and O–H groups in total. The molecular weight excluding hydrogens is 358 g/mol. The van der Waals surface area contributed by atoms with Crippen molar-refractivity contribution in [3.8, 4) is 22.9 Å². The summed E-state index contributed by atoms with van der Waals surface area (Å²) in [5, 5.41) is 9.78. The van der Waals surface area contributed by atoms with Crippen molar-refractivity contribution in [3.63, 3.8) is 0 Å². The van der Waals surface area contributed by atoms with Gasteiger partial charge in [0.15, 0.2) is 11.5 Å². The summed E-state index contributed by atoms with van der Waals surface area (Å²) in [5.74, 6) is 1.12. The van der Waals surface area contributed by atoms with Gasteiger partial charge in [-0.05, 0) is 49.2 Å². The number of hydrogen-bond acceptors (Lipinski definition) is 5. The van der Waals surface area contributed by atoms with Crippen LogP contribution in [0.25, 0.3) is 22.4 Å². The maximum Gasteiger partial charge on any atom is 0.254 e. The van der Waals surface area contributed by atoms with Crippen molar-refractivity contribution in [3.05, 3.63) is 42.0 Å². The van der Waals surface area contributed by atoms with E-state index in [-0.39, 0.29) is 17.7 Å². The molecule has 1 fully saturated rings. The first-order valence-corrected chi connectivity index (χ1v) is 9.27. The summed E-state index contributed by atoms with van der Waals surface area (Å²) in [6, 6.07) is 10.7. The Hall–Kier alpha value is -3.06. The Bertz CT molecular complexity index is 1010. The van der Waals surface area contributed by atoms with Gasteiger partial charge in [0.1, 0.15) is 5.82 Å². The number of ether oxygens (including phenoxy) is 2. The van der Waals surface area contributed by atoms with Gasteiger partial charge < -0.3 is 24.5 Å². The Balaban J connectivity index is 1.64. The summed E-state index contributed by atoms with van der Waals surface area (Å²) < 4.78 is 10.4. The molecule has 2 heterocycles. The molecule has 7 heteroatoms. The number of benzene rings is 2. The number of fused-ring (bicyclic) bond motifs is 1. The number of nitrogens with one attached hydrogen (secondary N) is 1. The number of carbonyl (C=O) groups excluding carboxylic acids is 1. The van der Waals surface area contributed by atoms with Crippen molar-refractivity contribution >= 4 is 16.9 Å². The van der Waals surface area contributed by atoms with Crippen molar-refractivity contribution in [2.75, 3.05) is 27.4 Å². The minimum Gasteiger partial charge on any atom is -0.504 e. The maximum absolute atomic E-state index is 13.0. The van der Waals surface area contributed by atoms with Crippen LogP contribution in [-0.2, 0) is 4.74 Å². The molecule has 4 rings (SSSR count). The molecule has 2 aromatic carbocycles. The number of aromatic nitrogens is 2. The molecule has 0 aliphatic carbocycles. The van der Waals surface area contributed by atoms with E-state index in [1.807, 2.05) is 23.1 Å². The van der Waals surface area contributed by atoms with Crippen LogP contribution in [0.5, 0.6) is 11.5 Å². The molecule has 0 unspecified atom stereocenters. The van der Waals surface area contributed by atoms with Crippen molar-refractivity contribution in [2.24, 2.45) is 0 Å². The van der Waals surface area contributed by atoms with E-state index in [1.165, 1.54) is 7.11 Å². The predicted octanol–water partition coefficient (Wildman–Crippen LogP) is 3.20. The summed E-state index contributed by atoms with van der Waals surface area (Å²) in [6.45, 7) is 1.32. The Morgan fingerprint density at radius 2 is 2.14 bits per heavy atom. The van der Waals surface area contributed by atoms with Crippen molar-refractivity contribution in [1.82, 2.24) is 14.9 Å². The number of aromatic hydroxyl groups is 1. The number of methoxy groups -OCH3 is 2. The molecule has 146 valence electrons. The van der Waals surface area contributed by atoms with E-state index >= 15 is 0 Å². The van der Waals surface area contributed by atoms with Crippen LogP contribution in [0.4, 0.5) is 0 Å². The van der Waals surface area contributed by atoms with Crippen LogP contribution in [0.2, 0.25) is 0 Å². The van der Waals surface area contributed by atoms with E-state index in [1.54, 1.807) is 25.3 Å². The fraction of sp³-hybridized carbons (Fsp3) is 0.333. The van der Waals surface area contributed by atoms with Crippen molar-refractivity contribution < 1.29 is 19.4 Å². The highest BCUT2D eigenvalue weighted by atomic mass is 16.5. The van der Waals surface area contributed by atoms with Gasteiger partial charge in [0.05, 0.1) is 30.8 Å². The van der Waals surface area contributed by atoms with E-state index < -0.39 is 0 Å². The van der Waals surface area contributed by atoms with Gasteiger partial charge in [0.25, 0.3) is 5.91 Å². The number of hydrogen-bond donors (Lipinski definition) is 2. The SMILES string of the molecule is COC[C@@H]1CCCN1C(=O)c1ccc2nc(-c3ccc(O)c(OC)c3)[nH]c2c1. The first-order valence-electron chi connectivity index (χ1n) is 9.27. The number of rotatable bonds is 5. The molecule has 28 heavy (non-hydrogen) atoms. The summed E-state index contributed by atoms with van der Waals surface area (Å²) in [6.07, 6.45) is 1.97. The van der Waals surface area contributed by atoms with E-state index in [0.29, 0.717) is 23.7 Å². The molecule has 0 saturated carbocycles. The van der Waals surface area contributed by atoms with E-state index in [2.05, 4.69) is 9.97 Å². The van der Waals surface area contributed by atoms with Crippen LogP contribution in [0, 0.1) is 0 Å². The average molecular weight is 381 g/mol. The van der Waals surface area contributed by atoms with Gasteiger partial charge in [-0.2, -0.15) is 0 Å². The fourth-order valence-electron chi connectivity index (χ4n) is 3.74. The first-order chi connectivity index (χ1) is 13.6. The standard InChI is InChI=1S/C21H23N3O4/c1-27-12-15-4-3-9-24(15)21(26)14-5-7-16-17(10-14)23-20(22-16)13-6-8-18(25)19(11-13)28-2/h5-8,10-11,15,25H,3-4,9,12H2,1-2H3,(H,22,23)/t15-/m0/s1. The van der Waals surface area contributed by atoms with Gasteiger partial charge in [0, 0.05) is 24.8 Å². The molecule has 1 aliphatic rings. The zero-order chi connectivity index (χ0) is 19.7. The highest BCUT2D eigenvalue weighted by Crippen LogP contribution is 2.31. The van der Waals surface area contributed by atoms with Gasteiger partial charge in [-0.3, -0.25) is 4.79 Å². The second-order valence-corrected chi connectivity index (χ2v) is 6.95. The molecule has 1 aromatic heterocycles. The summed E-state index contributed by atoms with van der Waals surface area (Å²) in [5.41, 5.74) is 2.98. The molecule has 0 spiro atoms. The quantitative estimate of drug-likeness (QED) is 0.709. The monoisotopic (exact) mass is 381 g/mol. The van der Waals surface area contributed by atoms with Crippen LogP contribution in [-0.4, -0.2) is 59.3 Å². The number of phenols is 1. The van der Waals surface area contributed by atoms with E-state index in [4.69, 9.17) is 9.47 Å². The second kappa shape index (κ2) is 7.52. The smallest absolute Gasteiger partial charge is 0.254 e. The number of H-pyrrole nitrogens is 1. The van der Waals surface area contributed by atoms with Gasteiger partial charge >= 0.3 is 0 Å². The molecule has 0 radical (unpaired) electrons. The first kappa shape index (κ1) is 18.3. The van der Waals surface area contributed by atoms with Crippen LogP contribution in [0.3, 0.4) is 0 Å². The fourth-order valence-corrected chi connectivity index (χ4v) is 3.74. The lowest BCUT2D eigenvalue weighted by Crippen LogP contribution is -2.38. The van der Waals surface area contributed by atoms with E-state index in [9.17, 15) is 9.90 Å². The lowest BCUT2D eigenvalue weighted by atomic mass is 10.1. The number of nitrogens with zero attached hydrogens (tertiary/aromatic N) is 2. The zero-order valence-corrected chi connectivity index (χ0v) is 15.9. The highest BCUT2D eigenvalue weighted by Gasteiger charge is 2.29. The second-order valence-electron chi connectivity index (χ2n) is 6.95. The van der Waals surface area contributed by atoms with Crippen LogP contribution in [0.15, 0.2) is 36.4 Å². The summed E-state index contributed by atoms with van der Waals surface area (Å²) in [7, 11) is 3.17. The number of likely N-dealkylation sites (tertiary alicyclic amines) is 1. The lowest BCUT2D eigenvalue weighted by molar-refractivity contribution is 0.0631. The molecule has 1 saturated heterocycles. The topological polar surface area (TPSA) is 87.7 Å². The third kappa shape index (κ3) is 3.29. The molecule has 1 atom stereocenters. The number of imidazole rings is 1. The largest absolute Gasteiger partial charge is 0.504 e. The number of carbonyl (C=O) groups is 1. The van der Waals surface area contributed by atoms with Gasteiger partial charge in [-0.25, -0.2) is 4.98 Å². The Morgan fingerprint density at radius 1 is 1.29 bits per heavy atom. The zero-order valence-electron chi connectivity index (χ0n) is 15.9. The molecule has 1 amide bonds. The molecule has 3 aromatic rings. The van der Waals surface area contributed by atoms with Crippen LogP contribution < -0.4 is 4.74 Å². The van der Waals surface area contributed by atoms with Gasteiger partial charge in [-0.15, -0.1) is 0 Å². The highest BCUT2D eigenvalue weighted by molar-refractivity contribution is 5.98. The molecular formula is C21H23N3O4. The van der Waals surface area contributed by atoms with Crippen molar-refractivity contribution in [2.45, 2.75) is 18.9 Å². The minimum atomic E-state index is 0.0175. The molecule has 0 bridgehead atoms. The van der Waals surface area contributed by atoms with E-state index in [0.717, 1.165) is 36.0 Å². The van der Waals surface area contributed by atoms with Crippen molar-refractivity contribution in [1.29, 1.82) is 0 Å². The summed E-state index contributed by atoms with van der Waals surface area (Å²) in [4.78, 5) is 22.7. The van der Waals surface area contributed by atoms with Crippen LogP contribution >= 0.6 is 0 Å². The van der Waals surface area contributed by atoms with Gasteiger partial charge in [0.2, 0.25) is 0 Å².